The number of ether oxygens (including phenoxy) is 2. The largest absolute Gasteiger partial charge is 0.497 e. The Bertz CT molecular complexity index is 378. The van der Waals surface area contributed by atoms with Crippen LogP contribution in [0.2, 0.25) is 0 Å². The van der Waals surface area contributed by atoms with Crippen LogP contribution in [-0.2, 0) is 6.54 Å². The van der Waals surface area contributed by atoms with E-state index in [2.05, 4.69) is 5.32 Å². The molecule has 1 fully saturated rings. The molecule has 0 radical (unpaired) electrons. The minimum Gasteiger partial charge on any atom is -0.497 e. The Hall–Kier alpha value is -0.870. The predicted octanol–water partition coefficient (Wildman–Crippen LogP) is 2.69. The van der Waals surface area contributed by atoms with Crippen LogP contribution in [0.25, 0.3) is 0 Å². The highest BCUT2D eigenvalue weighted by atomic mass is 32.2. The lowest BCUT2D eigenvalue weighted by Crippen LogP contribution is -2.32. The molecule has 1 aromatic carbocycles. The smallest absolute Gasteiger partial charge is 0.123 e. The molecule has 2 rings (SSSR count). The maximum absolute atomic E-state index is 5.39. The first-order valence-corrected chi connectivity index (χ1v) is 7.51. The van der Waals surface area contributed by atoms with Gasteiger partial charge in [0.15, 0.2) is 0 Å². The third kappa shape index (κ3) is 3.56. The molecule has 4 heteroatoms. The van der Waals surface area contributed by atoms with E-state index in [1.807, 2.05) is 30.0 Å². The Balaban J connectivity index is 1.97. The molecule has 1 aliphatic rings. The average molecular weight is 267 g/mol. The number of benzene rings is 1. The van der Waals surface area contributed by atoms with Crippen molar-refractivity contribution in [3.63, 3.8) is 0 Å². The van der Waals surface area contributed by atoms with Crippen molar-refractivity contribution in [2.24, 2.45) is 0 Å². The van der Waals surface area contributed by atoms with Gasteiger partial charge in [-0.25, -0.2) is 0 Å². The van der Waals surface area contributed by atoms with Crippen LogP contribution in [-0.4, -0.2) is 31.8 Å². The van der Waals surface area contributed by atoms with Crippen molar-refractivity contribution < 1.29 is 9.47 Å². The van der Waals surface area contributed by atoms with Crippen LogP contribution in [0.15, 0.2) is 18.2 Å². The molecule has 0 aliphatic carbocycles. The number of rotatable bonds is 5. The van der Waals surface area contributed by atoms with Crippen molar-refractivity contribution in [2.45, 2.75) is 25.4 Å². The molecule has 0 amide bonds. The molecule has 1 saturated heterocycles. The molecule has 3 nitrogen and oxygen atoms in total. The van der Waals surface area contributed by atoms with Crippen LogP contribution >= 0.6 is 11.8 Å². The standard InChI is InChI=1S/C14H21NO2S/c1-16-13-3-4-14(17-2)11(9-13)10-15-12-5-7-18-8-6-12/h3-4,9,12,15H,5-8,10H2,1-2H3. The molecule has 0 aromatic heterocycles. The minimum atomic E-state index is 0.641. The number of hydrogen-bond donors (Lipinski definition) is 1. The Labute approximate surface area is 113 Å². The van der Waals surface area contributed by atoms with Gasteiger partial charge in [0.25, 0.3) is 0 Å². The van der Waals surface area contributed by atoms with Crippen molar-refractivity contribution in [3.8, 4) is 11.5 Å². The fraction of sp³-hybridized carbons (Fsp3) is 0.571. The molecule has 1 aromatic rings. The first-order chi connectivity index (χ1) is 8.83. The first kappa shape index (κ1) is 13.6. The Morgan fingerprint density at radius 2 is 2.00 bits per heavy atom. The SMILES string of the molecule is COc1ccc(OC)c(CNC2CCSCC2)c1. The number of methoxy groups -OCH3 is 2. The van der Waals surface area contributed by atoms with Gasteiger partial charge in [0.2, 0.25) is 0 Å². The monoisotopic (exact) mass is 267 g/mol. The van der Waals surface area contributed by atoms with Crippen LogP contribution in [0.5, 0.6) is 11.5 Å². The summed E-state index contributed by atoms with van der Waals surface area (Å²) < 4.78 is 10.6. The zero-order valence-electron chi connectivity index (χ0n) is 11.1. The van der Waals surface area contributed by atoms with Gasteiger partial charge >= 0.3 is 0 Å². The molecule has 0 bridgehead atoms. The second kappa shape index (κ2) is 6.90. The van der Waals surface area contributed by atoms with E-state index in [1.165, 1.54) is 24.3 Å². The molecule has 18 heavy (non-hydrogen) atoms. The van der Waals surface area contributed by atoms with E-state index in [9.17, 15) is 0 Å². The summed E-state index contributed by atoms with van der Waals surface area (Å²) in [7, 11) is 3.40. The summed E-state index contributed by atoms with van der Waals surface area (Å²) in [6.07, 6.45) is 2.52. The van der Waals surface area contributed by atoms with E-state index in [-0.39, 0.29) is 0 Å². The van der Waals surface area contributed by atoms with Crippen LogP contribution in [0.4, 0.5) is 0 Å². The highest BCUT2D eigenvalue weighted by molar-refractivity contribution is 7.99. The summed E-state index contributed by atoms with van der Waals surface area (Å²) in [5.41, 5.74) is 1.16. The third-order valence-corrected chi connectivity index (χ3v) is 4.34. The van der Waals surface area contributed by atoms with Crippen molar-refractivity contribution in [1.82, 2.24) is 5.32 Å². The second-order valence-corrected chi connectivity index (χ2v) is 5.67. The summed E-state index contributed by atoms with van der Waals surface area (Å²) in [6, 6.07) is 6.58. The van der Waals surface area contributed by atoms with Gasteiger partial charge in [-0.1, -0.05) is 0 Å². The van der Waals surface area contributed by atoms with Gasteiger partial charge in [-0.15, -0.1) is 0 Å². The van der Waals surface area contributed by atoms with E-state index in [0.717, 1.165) is 23.6 Å². The first-order valence-electron chi connectivity index (χ1n) is 6.35. The minimum absolute atomic E-state index is 0.641. The van der Waals surface area contributed by atoms with E-state index in [1.54, 1.807) is 14.2 Å². The van der Waals surface area contributed by atoms with Crippen molar-refractivity contribution >= 4 is 11.8 Å². The zero-order valence-corrected chi connectivity index (χ0v) is 11.9. The maximum atomic E-state index is 5.39. The number of thioether (sulfide) groups is 1. The van der Waals surface area contributed by atoms with E-state index in [4.69, 9.17) is 9.47 Å². The van der Waals surface area contributed by atoms with Crippen molar-refractivity contribution in [3.05, 3.63) is 23.8 Å². The van der Waals surface area contributed by atoms with Gasteiger partial charge in [-0.3, -0.25) is 0 Å². The van der Waals surface area contributed by atoms with E-state index in [0.29, 0.717) is 6.04 Å². The summed E-state index contributed by atoms with van der Waals surface area (Å²) in [6.45, 7) is 0.843. The molecule has 100 valence electrons. The van der Waals surface area contributed by atoms with Gasteiger partial charge in [0.1, 0.15) is 11.5 Å². The normalized spacial score (nSPS) is 16.6. The van der Waals surface area contributed by atoms with Crippen LogP contribution < -0.4 is 14.8 Å². The lowest BCUT2D eigenvalue weighted by molar-refractivity contribution is 0.393. The molecular formula is C14H21NO2S. The Kier molecular flexibility index (Phi) is 5.20. The highest BCUT2D eigenvalue weighted by Crippen LogP contribution is 2.24. The van der Waals surface area contributed by atoms with Gasteiger partial charge in [-0.2, -0.15) is 11.8 Å². The lowest BCUT2D eigenvalue weighted by atomic mass is 10.1. The van der Waals surface area contributed by atoms with Crippen molar-refractivity contribution in [1.29, 1.82) is 0 Å². The molecule has 1 aliphatic heterocycles. The van der Waals surface area contributed by atoms with Gasteiger partial charge < -0.3 is 14.8 Å². The van der Waals surface area contributed by atoms with Crippen LogP contribution in [0.3, 0.4) is 0 Å². The summed E-state index contributed by atoms with van der Waals surface area (Å²) >= 11 is 2.05. The summed E-state index contributed by atoms with van der Waals surface area (Å²) in [4.78, 5) is 0. The molecule has 1 heterocycles. The van der Waals surface area contributed by atoms with E-state index < -0.39 is 0 Å². The number of hydrogen-bond acceptors (Lipinski definition) is 4. The van der Waals surface area contributed by atoms with Gasteiger partial charge in [0, 0.05) is 18.2 Å². The van der Waals surface area contributed by atoms with Gasteiger partial charge in [0.05, 0.1) is 14.2 Å². The molecule has 1 N–H and O–H groups in total. The maximum Gasteiger partial charge on any atom is 0.123 e. The summed E-state index contributed by atoms with van der Waals surface area (Å²) in [5, 5.41) is 3.62. The fourth-order valence-corrected chi connectivity index (χ4v) is 3.28. The second-order valence-electron chi connectivity index (χ2n) is 4.45. The predicted molar refractivity (Wildman–Crippen MR) is 76.7 cm³/mol. The quantitative estimate of drug-likeness (QED) is 0.888. The average Bonchev–Trinajstić information content (AvgIpc) is 2.45. The van der Waals surface area contributed by atoms with Crippen molar-refractivity contribution in [2.75, 3.05) is 25.7 Å². The molecule has 0 atom stereocenters. The molecule has 0 saturated carbocycles. The van der Waals surface area contributed by atoms with Gasteiger partial charge in [-0.05, 0) is 42.5 Å². The Morgan fingerprint density at radius 3 is 2.67 bits per heavy atom. The number of nitrogens with one attached hydrogen (secondary N) is 1. The van der Waals surface area contributed by atoms with Crippen LogP contribution in [0, 0.1) is 0 Å². The highest BCUT2D eigenvalue weighted by Gasteiger charge is 2.14. The fourth-order valence-electron chi connectivity index (χ4n) is 2.18. The molecule has 0 unspecified atom stereocenters. The summed E-state index contributed by atoms with van der Waals surface area (Å²) in [5.74, 6) is 4.35. The van der Waals surface area contributed by atoms with Crippen LogP contribution in [0.1, 0.15) is 18.4 Å². The third-order valence-electron chi connectivity index (χ3n) is 3.29. The zero-order chi connectivity index (χ0) is 12.8. The topological polar surface area (TPSA) is 30.5 Å². The Morgan fingerprint density at radius 1 is 1.22 bits per heavy atom. The molecule has 0 spiro atoms. The lowest BCUT2D eigenvalue weighted by Gasteiger charge is -2.23. The van der Waals surface area contributed by atoms with E-state index >= 15 is 0 Å². The molecular weight excluding hydrogens is 246 g/mol.